The predicted octanol–water partition coefficient (Wildman–Crippen LogP) is 3.84. The van der Waals surface area contributed by atoms with Crippen LogP contribution in [0.15, 0.2) is 65.7 Å². The molecule has 3 aromatic rings. The van der Waals surface area contributed by atoms with Crippen molar-refractivity contribution in [3.8, 4) is 0 Å². The van der Waals surface area contributed by atoms with Crippen molar-refractivity contribution in [2.24, 2.45) is 0 Å². The number of nitrogens with zero attached hydrogens (tertiary/aromatic N) is 1. The lowest BCUT2D eigenvalue weighted by Crippen LogP contribution is -2.34. The molecule has 0 spiro atoms. The monoisotopic (exact) mass is 406 g/mol. The highest BCUT2D eigenvalue weighted by Gasteiger charge is 2.31. The number of aromatic nitrogens is 2. The molecule has 10 heteroatoms. The van der Waals surface area contributed by atoms with Gasteiger partial charge in [0.1, 0.15) is 17.6 Å². The van der Waals surface area contributed by atoms with Crippen LogP contribution in [-0.4, -0.2) is 16.0 Å². The van der Waals surface area contributed by atoms with Gasteiger partial charge in [0.25, 0.3) is 0 Å². The number of pyridine rings is 2. The van der Waals surface area contributed by atoms with Crippen molar-refractivity contribution in [2.45, 2.75) is 12.2 Å². The summed E-state index contributed by atoms with van der Waals surface area (Å²) in [6, 6.07) is 6.99. The van der Waals surface area contributed by atoms with Gasteiger partial charge in [0, 0.05) is 24.1 Å². The lowest BCUT2D eigenvalue weighted by atomic mass is 10.0. The van der Waals surface area contributed by atoms with Gasteiger partial charge in [-0.3, -0.25) is 9.78 Å². The third-order valence-electron chi connectivity index (χ3n) is 3.94. The molecule has 0 saturated carbocycles. The zero-order valence-electron chi connectivity index (χ0n) is 14.6. The van der Waals surface area contributed by atoms with Crippen LogP contribution in [0.1, 0.15) is 22.9 Å². The van der Waals surface area contributed by atoms with Crippen molar-refractivity contribution in [1.29, 1.82) is 0 Å². The summed E-state index contributed by atoms with van der Waals surface area (Å²) >= 11 is 0. The van der Waals surface area contributed by atoms with E-state index in [2.05, 4.69) is 20.6 Å². The number of aromatic amines is 1. The Labute approximate surface area is 161 Å². The Morgan fingerprint density at radius 3 is 2.45 bits per heavy atom. The lowest BCUT2D eigenvalue weighted by Gasteiger charge is -2.20. The highest BCUT2D eigenvalue weighted by molar-refractivity contribution is 5.89. The van der Waals surface area contributed by atoms with E-state index in [4.69, 9.17) is 0 Å². The number of carbonyl (C=O) groups excluding carboxylic acids is 1. The molecule has 3 N–H and O–H groups in total. The quantitative estimate of drug-likeness (QED) is 0.576. The lowest BCUT2D eigenvalue weighted by molar-refractivity contribution is -0.137. The highest BCUT2D eigenvalue weighted by atomic mass is 19.4. The first-order valence-electron chi connectivity index (χ1n) is 8.28. The standard InChI is InChI=1S/C19H14F4N4O2/c20-14-2-1-8-25-17(14)16(11-3-5-12(6-4-11)19(21,22)23)27-18(29)26-13-7-9-24-15(28)10-13/h1-10,16H,(H3,24,26,27,28,29). The smallest absolute Gasteiger partial charge is 0.329 e. The number of H-pyrrole nitrogens is 1. The fourth-order valence-corrected chi connectivity index (χ4v) is 2.61. The number of nitrogens with one attached hydrogen (secondary N) is 3. The van der Waals surface area contributed by atoms with E-state index in [0.717, 1.165) is 36.4 Å². The van der Waals surface area contributed by atoms with Gasteiger partial charge in [-0.15, -0.1) is 0 Å². The van der Waals surface area contributed by atoms with Gasteiger partial charge in [0.2, 0.25) is 5.56 Å². The SMILES string of the molecule is O=C(Nc1cc[nH]c(=O)c1)NC(c1ccc(C(F)(F)F)cc1)c1ncccc1F. The van der Waals surface area contributed by atoms with Crippen LogP contribution in [0.2, 0.25) is 0 Å². The summed E-state index contributed by atoms with van der Waals surface area (Å²) in [7, 11) is 0. The van der Waals surface area contributed by atoms with Gasteiger partial charge >= 0.3 is 12.2 Å². The fraction of sp³-hybridized carbons (Fsp3) is 0.105. The average molecular weight is 406 g/mol. The third-order valence-corrected chi connectivity index (χ3v) is 3.94. The number of rotatable bonds is 4. The molecule has 0 saturated heterocycles. The minimum Gasteiger partial charge on any atom is -0.329 e. The molecule has 0 radical (unpaired) electrons. The van der Waals surface area contributed by atoms with Crippen LogP contribution in [-0.2, 0) is 6.18 Å². The molecule has 0 bridgehead atoms. The van der Waals surface area contributed by atoms with Crippen LogP contribution in [0.3, 0.4) is 0 Å². The summed E-state index contributed by atoms with van der Waals surface area (Å²) in [4.78, 5) is 30.0. The minimum absolute atomic E-state index is 0.173. The topological polar surface area (TPSA) is 86.9 Å². The normalized spacial score (nSPS) is 12.3. The number of hydrogen-bond donors (Lipinski definition) is 3. The summed E-state index contributed by atoms with van der Waals surface area (Å²) in [6.07, 6.45) is -1.91. The van der Waals surface area contributed by atoms with Crippen molar-refractivity contribution >= 4 is 11.7 Å². The van der Waals surface area contributed by atoms with Gasteiger partial charge in [0.05, 0.1) is 5.56 Å². The number of amides is 2. The summed E-state index contributed by atoms with van der Waals surface area (Å²) in [6.45, 7) is 0. The predicted molar refractivity (Wildman–Crippen MR) is 96.7 cm³/mol. The Balaban J connectivity index is 1.90. The molecular weight excluding hydrogens is 392 g/mol. The molecule has 2 amide bonds. The first-order valence-corrected chi connectivity index (χ1v) is 8.28. The van der Waals surface area contributed by atoms with E-state index < -0.39 is 35.2 Å². The maximum atomic E-state index is 14.3. The van der Waals surface area contributed by atoms with Crippen molar-refractivity contribution in [2.75, 3.05) is 5.32 Å². The first-order chi connectivity index (χ1) is 13.7. The first kappa shape index (κ1) is 20.1. The molecule has 150 valence electrons. The molecule has 6 nitrogen and oxygen atoms in total. The minimum atomic E-state index is -4.53. The number of halogens is 4. The van der Waals surface area contributed by atoms with Gasteiger partial charge in [-0.1, -0.05) is 12.1 Å². The Morgan fingerprint density at radius 2 is 1.83 bits per heavy atom. The van der Waals surface area contributed by atoms with Crippen molar-refractivity contribution < 1.29 is 22.4 Å². The summed E-state index contributed by atoms with van der Waals surface area (Å²) in [5.74, 6) is -0.742. The second-order valence-corrected chi connectivity index (χ2v) is 5.96. The van der Waals surface area contributed by atoms with Crippen LogP contribution < -0.4 is 16.2 Å². The molecule has 1 atom stereocenters. The number of hydrogen-bond acceptors (Lipinski definition) is 3. The van der Waals surface area contributed by atoms with Crippen molar-refractivity contribution in [3.63, 3.8) is 0 Å². The maximum Gasteiger partial charge on any atom is 0.416 e. The van der Waals surface area contributed by atoms with E-state index in [0.29, 0.717) is 0 Å². The fourth-order valence-electron chi connectivity index (χ4n) is 2.61. The molecule has 0 fully saturated rings. The largest absolute Gasteiger partial charge is 0.416 e. The average Bonchev–Trinajstić information content (AvgIpc) is 2.66. The van der Waals surface area contributed by atoms with Crippen LogP contribution >= 0.6 is 0 Å². The highest BCUT2D eigenvalue weighted by Crippen LogP contribution is 2.31. The van der Waals surface area contributed by atoms with Gasteiger partial charge in [-0.25, -0.2) is 9.18 Å². The second kappa shape index (κ2) is 8.13. The van der Waals surface area contributed by atoms with Crippen LogP contribution in [0.25, 0.3) is 0 Å². The molecule has 0 aliphatic heterocycles. The number of urea groups is 1. The van der Waals surface area contributed by atoms with E-state index in [1.807, 2.05) is 0 Å². The Kier molecular flexibility index (Phi) is 5.62. The Hall–Kier alpha value is -3.69. The molecule has 1 aromatic carbocycles. The van der Waals surface area contributed by atoms with Crippen molar-refractivity contribution in [3.05, 3.63) is 93.9 Å². The molecule has 2 aromatic heterocycles. The van der Waals surface area contributed by atoms with Crippen LogP contribution in [0.4, 0.5) is 28.0 Å². The number of carbonyl (C=O) groups is 1. The summed E-state index contributed by atoms with van der Waals surface area (Å²) < 4.78 is 52.7. The van der Waals surface area contributed by atoms with Crippen LogP contribution in [0.5, 0.6) is 0 Å². The molecule has 0 aliphatic rings. The molecule has 1 unspecified atom stereocenters. The van der Waals surface area contributed by atoms with E-state index in [-0.39, 0.29) is 16.9 Å². The molecule has 3 rings (SSSR count). The van der Waals surface area contributed by atoms with Gasteiger partial charge < -0.3 is 15.6 Å². The number of alkyl halides is 3. The van der Waals surface area contributed by atoms with Gasteiger partial charge in [0.15, 0.2) is 0 Å². The summed E-state index contributed by atoms with van der Waals surface area (Å²) in [5, 5.41) is 4.88. The van der Waals surface area contributed by atoms with E-state index in [1.54, 1.807) is 0 Å². The molecule has 2 heterocycles. The molecule has 29 heavy (non-hydrogen) atoms. The third kappa shape index (κ3) is 4.98. The number of anilines is 1. The van der Waals surface area contributed by atoms with Crippen LogP contribution in [0, 0.1) is 5.82 Å². The number of benzene rings is 1. The zero-order valence-corrected chi connectivity index (χ0v) is 14.6. The van der Waals surface area contributed by atoms with Gasteiger partial charge in [-0.2, -0.15) is 13.2 Å². The van der Waals surface area contributed by atoms with E-state index in [1.165, 1.54) is 24.5 Å². The molecular formula is C19H14F4N4O2. The maximum absolute atomic E-state index is 14.3. The van der Waals surface area contributed by atoms with Crippen molar-refractivity contribution in [1.82, 2.24) is 15.3 Å². The second-order valence-electron chi connectivity index (χ2n) is 5.96. The van der Waals surface area contributed by atoms with Gasteiger partial charge in [-0.05, 0) is 35.9 Å². The summed E-state index contributed by atoms with van der Waals surface area (Å²) in [5.41, 5.74) is -1.13. The zero-order chi connectivity index (χ0) is 21.0. The Bertz CT molecular complexity index is 1060. The molecule has 0 aliphatic carbocycles. The van der Waals surface area contributed by atoms with E-state index in [9.17, 15) is 27.2 Å². The Morgan fingerprint density at radius 1 is 1.10 bits per heavy atom. The van der Waals surface area contributed by atoms with E-state index >= 15 is 0 Å².